The minimum atomic E-state index is -0.109. The summed E-state index contributed by atoms with van der Waals surface area (Å²) in [5, 5.41) is 0. The van der Waals surface area contributed by atoms with Crippen molar-refractivity contribution in [2.45, 2.75) is 13.8 Å². The van der Waals surface area contributed by atoms with Crippen LogP contribution in [0.2, 0.25) is 0 Å². The fourth-order valence-electron chi connectivity index (χ4n) is 0.869. The molecule has 1 aromatic rings. The lowest BCUT2D eigenvalue weighted by Crippen LogP contribution is -2.03. The van der Waals surface area contributed by atoms with Gasteiger partial charge in [0.1, 0.15) is 0 Å². The molecule has 0 saturated carbocycles. The second kappa shape index (κ2) is 4.56. The molecular formula is C11H14N2O. The van der Waals surface area contributed by atoms with Crippen LogP contribution in [-0.2, 0) is 4.79 Å². The SMILES string of the molecule is CC(C)C(=O)N=Cc1ccc(N)cc1. The summed E-state index contributed by atoms with van der Waals surface area (Å²) >= 11 is 0. The van der Waals surface area contributed by atoms with Crippen molar-refractivity contribution in [3.63, 3.8) is 0 Å². The van der Waals surface area contributed by atoms with E-state index >= 15 is 0 Å². The Morgan fingerprint density at radius 3 is 2.43 bits per heavy atom. The summed E-state index contributed by atoms with van der Waals surface area (Å²) in [7, 11) is 0. The molecule has 0 aliphatic heterocycles. The van der Waals surface area contributed by atoms with Crippen molar-refractivity contribution in [2.24, 2.45) is 10.9 Å². The minimum Gasteiger partial charge on any atom is -0.399 e. The molecule has 0 heterocycles. The maximum Gasteiger partial charge on any atom is 0.248 e. The van der Waals surface area contributed by atoms with Crippen molar-refractivity contribution in [1.29, 1.82) is 0 Å². The molecule has 0 spiro atoms. The summed E-state index contributed by atoms with van der Waals surface area (Å²) in [5.74, 6) is -0.165. The van der Waals surface area contributed by atoms with Gasteiger partial charge in [-0.2, -0.15) is 0 Å². The first-order valence-electron chi connectivity index (χ1n) is 4.53. The molecule has 74 valence electrons. The summed E-state index contributed by atoms with van der Waals surface area (Å²) in [6.07, 6.45) is 1.56. The van der Waals surface area contributed by atoms with Gasteiger partial charge >= 0.3 is 0 Å². The molecule has 3 nitrogen and oxygen atoms in total. The fourth-order valence-corrected chi connectivity index (χ4v) is 0.869. The molecule has 1 aromatic carbocycles. The van der Waals surface area contributed by atoms with Gasteiger partial charge in [0.15, 0.2) is 0 Å². The second-order valence-corrected chi connectivity index (χ2v) is 3.42. The quantitative estimate of drug-likeness (QED) is 0.571. The van der Waals surface area contributed by atoms with E-state index in [1.165, 1.54) is 0 Å². The number of benzene rings is 1. The van der Waals surface area contributed by atoms with E-state index in [0.717, 1.165) is 5.56 Å². The van der Waals surface area contributed by atoms with Gasteiger partial charge < -0.3 is 5.73 Å². The zero-order valence-corrected chi connectivity index (χ0v) is 8.40. The first-order valence-corrected chi connectivity index (χ1v) is 4.53. The summed E-state index contributed by atoms with van der Waals surface area (Å²) in [6, 6.07) is 7.21. The number of carbonyl (C=O) groups is 1. The Balaban J connectivity index is 2.69. The number of rotatable bonds is 2. The lowest BCUT2D eigenvalue weighted by Gasteiger charge is -1.96. The van der Waals surface area contributed by atoms with Gasteiger partial charge in [0, 0.05) is 17.8 Å². The standard InChI is InChI=1S/C11H14N2O/c1-8(2)11(14)13-7-9-3-5-10(12)6-4-9/h3-8H,12H2,1-2H3. The average molecular weight is 190 g/mol. The number of hydrogen-bond donors (Lipinski definition) is 1. The third-order valence-electron chi connectivity index (χ3n) is 1.77. The molecule has 0 atom stereocenters. The van der Waals surface area contributed by atoms with Crippen molar-refractivity contribution in [3.8, 4) is 0 Å². The number of nitrogens with zero attached hydrogens (tertiary/aromatic N) is 1. The Hall–Kier alpha value is -1.64. The van der Waals surface area contributed by atoms with Crippen molar-refractivity contribution in [2.75, 3.05) is 5.73 Å². The zero-order valence-electron chi connectivity index (χ0n) is 8.40. The van der Waals surface area contributed by atoms with E-state index in [1.54, 1.807) is 18.3 Å². The van der Waals surface area contributed by atoms with Gasteiger partial charge in [0.05, 0.1) is 0 Å². The van der Waals surface area contributed by atoms with Crippen LogP contribution in [0.15, 0.2) is 29.3 Å². The molecule has 0 aromatic heterocycles. The van der Waals surface area contributed by atoms with E-state index in [9.17, 15) is 4.79 Å². The van der Waals surface area contributed by atoms with Crippen LogP contribution in [0.5, 0.6) is 0 Å². The van der Waals surface area contributed by atoms with Crippen LogP contribution in [0.25, 0.3) is 0 Å². The van der Waals surface area contributed by atoms with Gasteiger partial charge in [0.2, 0.25) is 5.91 Å². The largest absolute Gasteiger partial charge is 0.399 e. The van der Waals surface area contributed by atoms with E-state index < -0.39 is 0 Å². The highest BCUT2D eigenvalue weighted by atomic mass is 16.1. The predicted octanol–water partition coefficient (Wildman–Crippen LogP) is 1.87. The maximum absolute atomic E-state index is 11.2. The third-order valence-corrected chi connectivity index (χ3v) is 1.77. The number of aliphatic imine (C=N–C) groups is 1. The monoisotopic (exact) mass is 190 g/mol. The van der Waals surface area contributed by atoms with Crippen LogP contribution < -0.4 is 5.73 Å². The number of hydrogen-bond acceptors (Lipinski definition) is 2. The Bertz CT molecular complexity index is 339. The van der Waals surface area contributed by atoms with Gasteiger partial charge in [-0.15, -0.1) is 0 Å². The van der Waals surface area contributed by atoms with Crippen molar-refractivity contribution < 1.29 is 4.79 Å². The molecule has 1 amide bonds. The molecule has 3 heteroatoms. The molecule has 0 unspecified atom stereocenters. The molecule has 2 N–H and O–H groups in total. The Kier molecular flexibility index (Phi) is 3.40. The maximum atomic E-state index is 11.2. The smallest absolute Gasteiger partial charge is 0.248 e. The van der Waals surface area contributed by atoms with E-state index in [1.807, 2.05) is 26.0 Å². The summed E-state index contributed by atoms with van der Waals surface area (Å²) in [6.45, 7) is 3.64. The van der Waals surface area contributed by atoms with E-state index in [4.69, 9.17) is 5.73 Å². The summed E-state index contributed by atoms with van der Waals surface area (Å²) in [4.78, 5) is 15.0. The van der Waals surface area contributed by atoms with E-state index in [-0.39, 0.29) is 11.8 Å². The lowest BCUT2D eigenvalue weighted by atomic mass is 10.2. The van der Waals surface area contributed by atoms with Crippen LogP contribution >= 0.6 is 0 Å². The van der Waals surface area contributed by atoms with Crippen LogP contribution in [0.4, 0.5) is 5.69 Å². The molecule has 0 fully saturated rings. The van der Waals surface area contributed by atoms with Gasteiger partial charge in [-0.1, -0.05) is 26.0 Å². The lowest BCUT2D eigenvalue weighted by molar-refractivity contribution is -0.120. The zero-order chi connectivity index (χ0) is 10.6. The minimum absolute atomic E-state index is 0.0555. The van der Waals surface area contributed by atoms with Crippen LogP contribution in [-0.4, -0.2) is 12.1 Å². The first kappa shape index (κ1) is 10.4. The molecule has 0 aliphatic rings. The predicted molar refractivity (Wildman–Crippen MR) is 58.3 cm³/mol. The number of nitrogens with two attached hydrogens (primary N) is 1. The highest BCUT2D eigenvalue weighted by Gasteiger charge is 2.02. The van der Waals surface area contributed by atoms with Gasteiger partial charge in [-0.05, 0) is 17.7 Å². The Morgan fingerprint density at radius 2 is 1.93 bits per heavy atom. The fraction of sp³-hybridized carbons (Fsp3) is 0.273. The normalized spacial score (nSPS) is 11.1. The van der Waals surface area contributed by atoms with E-state index in [2.05, 4.69) is 4.99 Å². The average Bonchev–Trinajstić information content (AvgIpc) is 2.16. The Labute approximate surface area is 83.7 Å². The molecule has 14 heavy (non-hydrogen) atoms. The molecular weight excluding hydrogens is 176 g/mol. The number of nitrogen functional groups attached to an aromatic ring is 1. The van der Waals surface area contributed by atoms with Crippen molar-refractivity contribution >= 4 is 17.8 Å². The Morgan fingerprint density at radius 1 is 1.36 bits per heavy atom. The van der Waals surface area contributed by atoms with Crippen LogP contribution in [0, 0.1) is 5.92 Å². The molecule has 0 saturated heterocycles. The van der Waals surface area contributed by atoms with Crippen molar-refractivity contribution in [1.82, 2.24) is 0 Å². The molecule has 0 bridgehead atoms. The number of amides is 1. The van der Waals surface area contributed by atoms with Crippen LogP contribution in [0.3, 0.4) is 0 Å². The highest BCUT2D eigenvalue weighted by Crippen LogP contribution is 2.03. The number of anilines is 1. The highest BCUT2D eigenvalue weighted by molar-refractivity contribution is 5.92. The number of carbonyl (C=O) groups excluding carboxylic acids is 1. The summed E-state index contributed by atoms with van der Waals surface area (Å²) in [5.41, 5.74) is 7.11. The van der Waals surface area contributed by atoms with E-state index in [0.29, 0.717) is 5.69 Å². The molecule has 0 radical (unpaired) electrons. The van der Waals surface area contributed by atoms with Gasteiger partial charge in [-0.25, -0.2) is 4.99 Å². The first-order chi connectivity index (χ1) is 6.59. The molecule has 0 aliphatic carbocycles. The molecule has 1 rings (SSSR count). The van der Waals surface area contributed by atoms with Crippen molar-refractivity contribution in [3.05, 3.63) is 29.8 Å². The topological polar surface area (TPSA) is 55.5 Å². The van der Waals surface area contributed by atoms with Crippen LogP contribution in [0.1, 0.15) is 19.4 Å². The second-order valence-electron chi connectivity index (χ2n) is 3.42. The summed E-state index contributed by atoms with van der Waals surface area (Å²) < 4.78 is 0. The van der Waals surface area contributed by atoms with Gasteiger partial charge in [0.25, 0.3) is 0 Å². The third kappa shape index (κ3) is 3.01. The van der Waals surface area contributed by atoms with Gasteiger partial charge in [-0.3, -0.25) is 4.79 Å².